The van der Waals surface area contributed by atoms with Crippen molar-refractivity contribution in [2.75, 3.05) is 0 Å². The summed E-state index contributed by atoms with van der Waals surface area (Å²) in [5.41, 5.74) is 0.969. The maximum Gasteiger partial charge on any atom is 0.0852 e. The molecule has 0 heterocycles. The molecule has 0 atom stereocenters. The van der Waals surface area contributed by atoms with E-state index in [2.05, 4.69) is 17.2 Å². The Bertz CT molecular complexity index is 311. The predicted octanol–water partition coefficient (Wildman–Crippen LogP) is 4.35. The molecule has 1 aromatic rings. The first kappa shape index (κ1) is 10.3. The van der Waals surface area contributed by atoms with E-state index in [9.17, 15) is 0 Å². The second-order valence-corrected chi connectivity index (χ2v) is 4.46. The van der Waals surface area contributed by atoms with Crippen LogP contribution in [0.2, 0.25) is 0 Å². The zero-order chi connectivity index (χ0) is 10.5. The van der Waals surface area contributed by atoms with Crippen molar-refractivity contribution >= 4 is 5.69 Å². The Morgan fingerprint density at radius 1 is 1.00 bits per heavy atom. The van der Waals surface area contributed by atoms with E-state index in [1.165, 1.54) is 25.7 Å². The van der Waals surface area contributed by atoms with Crippen molar-refractivity contribution in [3.8, 4) is 0 Å². The third-order valence-electron chi connectivity index (χ3n) is 3.08. The molecule has 15 heavy (non-hydrogen) atoms. The number of azo groups is 1. The van der Waals surface area contributed by atoms with Gasteiger partial charge in [0, 0.05) is 0 Å². The first-order chi connectivity index (χ1) is 7.34. The van der Waals surface area contributed by atoms with Crippen LogP contribution in [0, 0.1) is 5.92 Å². The zero-order valence-corrected chi connectivity index (χ0v) is 9.26. The molecule has 1 saturated carbocycles. The molecule has 0 saturated heterocycles. The van der Waals surface area contributed by atoms with Gasteiger partial charge >= 0.3 is 0 Å². The van der Waals surface area contributed by atoms with Gasteiger partial charge in [0.2, 0.25) is 0 Å². The van der Waals surface area contributed by atoms with Crippen molar-refractivity contribution in [2.45, 2.75) is 38.6 Å². The second kappa shape index (κ2) is 5.06. The summed E-state index contributed by atoms with van der Waals surface area (Å²) in [7, 11) is 0. The Labute approximate surface area is 91.4 Å². The molecule has 80 valence electrons. The van der Waals surface area contributed by atoms with Crippen LogP contribution in [0.1, 0.15) is 32.6 Å². The van der Waals surface area contributed by atoms with Gasteiger partial charge in [-0.15, -0.1) is 0 Å². The SMILES string of the molecule is CC1CCC(N=Nc2ccccc2)CC1. The van der Waals surface area contributed by atoms with Crippen LogP contribution >= 0.6 is 0 Å². The molecule has 0 aliphatic heterocycles. The third kappa shape index (κ3) is 3.15. The minimum Gasteiger partial charge on any atom is -0.185 e. The molecule has 0 N–H and O–H groups in total. The van der Waals surface area contributed by atoms with Crippen LogP contribution in [0.4, 0.5) is 5.69 Å². The van der Waals surface area contributed by atoms with E-state index in [1.54, 1.807) is 0 Å². The Morgan fingerprint density at radius 3 is 2.33 bits per heavy atom. The van der Waals surface area contributed by atoms with Crippen LogP contribution in [0.15, 0.2) is 40.6 Å². The molecule has 1 aliphatic carbocycles. The molecule has 2 heteroatoms. The average molecular weight is 202 g/mol. The van der Waals surface area contributed by atoms with E-state index in [0.29, 0.717) is 6.04 Å². The van der Waals surface area contributed by atoms with Crippen LogP contribution < -0.4 is 0 Å². The lowest BCUT2D eigenvalue weighted by Crippen LogP contribution is -2.14. The summed E-state index contributed by atoms with van der Waals surface area (Å²) in [6, 6.07) is 10.4. The van der Waals surface area contributed by atoms with Crippen LogP contribution in [0.5, 0.6) is 0 Å². The molecule has 1 fully saturated rings. The summed E-state index contributed by atoms with van der Waals surface area (Å²) >= 11 is 0. The van der Waals surface area contributed by atoms with Crippen LogP contribution in [-0.4, -0.2) is 6.04 Å². The fourth-order valence-electron chi connectivity index (χ4n) is 2.00. The highest BCUT2D eigenvalue weighted by molar-refractivity contribution is 5.34. The highest BCUT2D eigenvalue weighted by atomic mass is 15.1. The molecule has 0 amide bonds. The smallest absolute Gasteiger partial charge is 0.0852 e. The van der Waals surface area contributed by atoms with Crippen LogP contribution in [-0.2, 0) is 0 Å². The van der Waals surface area contributed by atoms with Crippen molar-refractivity contribution < 1.29 is 0 Å². The largest absolute Gasteiger partial charge is 0.185 e. The minimum atomic E-state index is 0.460. The molecule has 0 bridgehead atoms. The number of rotatable bonds is 2. The average Bonchev–Trinajstić information content (AvgIpc) is 2.30. The molecular weight excluding hydrogens is 184 g/mol. The minimum absolute atomic E-state index is 0.460. The van der Waals surface area contributed by atoms with Gasteiger partial charge in [0.05, 0.1) is 11.7 Å². The number of benzene rings is 1. The van der Waals surface area contributed by atoms with E-state index >= 15 is 0 Å². The molecule has 0 aromatic heterocycles. The summed E-state index contributed by atoms with van der Waals surface area (Å²) in [6.07, 6.45) is 5.02. The number of nitrogens with zero attached hydrogens (tertiary/aromatic N) is 2. The quantitative estimate of drug-likeness (QED) is 0.637. The van der Waals surface area contributed by atoms with Gasteiger partial charge in [0.25, 0.3) is 0 Å². The Hall–Kier alpha value is -1.18. The fraction of sp³-hybridized carbons (Fsp3) is 0.538. The second-order valence-electron chi connectivity index (χ2n) is 4.46. The van der Waals surface area contributed by atoms with Crippen molar-refractivity contribution in [2.24, 2.45) is 16.1 Å². The van der Waals surface area contributed by atoms with Gasteiger partial charge in [0.1, 0.15) is 0 Å². The van der Waals surface area contributed by atoms with Gasteiger partial charge in [-0.05, 0) is 43.7 Å². The molecule has 0 radical (unpaired) electrons. The first-order valence-corrected chi connectivity index (χ1v) is 5.80. The van der Waals surface area contributed by atoms with E-state index in [1.807, 2.05) is 30.3 Å². The summed E-state index contributed by atoms with van der Waals surface area (Å²) in [4.78, 5) is 0. The van der Waals surface area contributed by atoms with Gasteiger partial charge in [-0.3, -0.25) is 0 Å². The molecule has 1 aromatic carbocycles. The Morgan fingerprint density at radius 2 is 1.67 bits per heavy atom. The fourth-order valence-corrected chi connectivity index (χ4v) is 2.00. The van der Waals surface area contributed by atoms with Gasteiger partial charge in [-0.25, -0.2) is 0 Å². The third-order valence-corrected chi connectivity index (χ3v) is 3.08. The molecule has 2 nitrogen and oxygen atoms in total. The highest BCUT2D eigenvalue weighted by Gasteiger charge is 2.17. The monoisotopic (exact) mass is 202 g/mol. The van der Waals surface area contributed by atoms with Gasteiger partial charge in [-0.1, -0.05) is 25.1 Å². The van der Waals surface area contributed by atoms with Crippen LogP contribution in [0.25, 0.3) is 0 Å². The lowest BCUT2D eigenvalue weighted by Gasteiger charge is -2.21. The van der Waals surface area contributed by atoms with Crippen LogP contribution in [0.3, 0.4) is 0 Å². The summed E-state index contributed by atoms with van der Waals surface area (Å²) in [5.74, 6) is 0.883. The van der Waals surface area contributed by atoms with E-state index in [0.717, 1.165) is 11.6 Å². The first-order valence-electron chi connectivity index (χ1n) is 5.80. The molecular formula is C13H18N2. The Balaban J connectivity index is 1.89. The lowest BCUT2D eigenvalue weighted by molar-refractivity contribution is 0.343. The topological polar surface area (TPSA) is 24.7 Å². The highest BCUT2D eigenvalue weighted by Crippen LogP contribution is 2.26. The maximum atomic E-state index is 4.41. The van der Waals surface area contributed by atoms with E-state index < -0.39 is 0 Å². The van der Waals surface area contributed by atoms with E-state index in [-0.39, 0.29) is 0 Å². The van der Waals surface area contributed by atoms with Gasteiger partial charge < -0.3 is 0 Å². The lowest BCUT2D eigenvalue weighted by atomic mass is 9.88. The summed E-state index contributed by atoms with van der Waals surface area (Å²) in [6.45, 7) is 2.32. The van der Waals surface area contributed by atoms with Gasteiger partial charge in [0.15, 0.2) is 0 Å². The van der Waals surface area contributed by atoms with Crippen molar-refractivity contribution in [1.82, 2.24) is 0 Å². The molecule has 2 rings (SSSR count). The summed E-state index contributed by atoms with van der Waals surface area (Å²) < 4.78 is 0. The maximum absolute atomic E-state index is 4.41. The molecule has 0 spiro atoms. The number of hydrogen-bond acceptors (Lipinski definition) is 2. The summed E-state index contributed by atoms with van der Waals surface area (Å²) in [5, 5.41) is 8.69. The van der Waals surface area contributed by atoms with Crippen molar-refractivity contribution in [1.29, 1.82) is 0 Å². The standard InChI is InChI=1S/C13H18N2/c1-11-7-9-13(10-8-11)15-14-12-5-3-2-4-6-12/h2-6,11,13H,7-10H2,1H3. The normalized spacial score (nSPS) is 27.0. The molecule has 1 aliphatic rings. The number of hydrogen-bond donors (Lipinski definition) is 0. The van der Waals surface area contributed by atoms with E-state index in [4.69, 9.17) is 0 Å². The van der Waals surface area contributed by atoms with Gasteiger partial charge in [-0.2, -0.15) is 10.2 Å². The molecule has 0 unspecified atom stereocenters. The Kier molecular flexibility index (Phi) is 3.49. The zero-order valence-electron chi connectivity index (χ0n) is 9.26. The predicted molar refractivity (Wildman–Crippen MR) is 62.4 cm³/mol. The van der Waals surface area contributed by atoms with Crippen molar-refractivity contribution in [3.63, 3.8) is 0 Å². The van der Waals surface area contributed by atoms with Crippen molar-refractivity contribution in [3.05, 3.63) is 30.3 Å².